The molecule has 3 aliphatic heterocycles. The first-order valence-electron chi connectivity index (χ1n) is 7.09. The van der Waals surface area contributed by atoms with Crippen LogP contribution >= 0.6 is 0 Å². The minimum Gasteiger partial charge on any atom is -0.490 e. The molecular weight excluding hydrogens is 242 g/mol. The number of pyridine rings is 1. The summed E-state index contributed by atoms with van der Waals surface area (Å²) in [5.41, 5.74) is 1.25. The summed E-state index contributed by atoms with van der Waals surface area (Å²) in [7, 11) is 0. The first kappa shape index (κ1) is 11.5. The summed E-state index contributed by atoms with van der Waals surface area (Å²) in [5, 5.41) is 3.45. The summed E-state index contributed by atoms with van der Waals surface area (Å²) in [6, 6.07) is 2.68. The fourth-order valence-corrected chi connectivity index (χ4v) is 3.03. The lowest BCUT2D eigenvalue weighted by Gasteiger charge is -2.35. The fraction of sp³-hybridized carbons (Fsp3) is 0.643. The van der Waals surface area contributed by atoms with Crippen LogP contribution in [0, 0.1) is 0 Å². The molecule has 0 aliphatic carbocycles. The van der Waals surface area contributed by atoms with Crippen LogP contribution in [0.1, 0.15) is 17.9 Å². The van der Waals surface area contributed by atoms with Crippen LogP contribution in [-0.4, -0.2) is 50.5 Å². The molecule has 0 unspecified atom stereocenters. The largest absolute Gasteiger partial charge is 0.490 e. The van der Waals surface area contributed by atoms with Crippen molar-refractivity contribution in [3.8, 4) is 5.75 Å². The number of hydrogen-bond donors (Lipinski definition) is 1. The second kappa shape index (κ2) is 4.65. The Bertz CT molecular complexity index is 476. The Labute approximate surface area is 112 Å². The van der Waals surface area contributed by atoms with Gasteiger partial charge in [0.15, 0.2) is 11.6 Å². The average molecular weight is 261 g/mol. The summed E-state index contributed by atoms with van der Waals surface area (Å²) in [4.78, 5) is 7.09. The van der Waals surface area contributed by atoms with Crippen LogP contribution in [0.15, 0.2) is 12.3 Å². The number of fused-ring (bicyclic) bond motifs is 3. The predicted octanol–water partition coefficient (Wildman–Crippen LogP) is 0.756. The molecule has 19 heavy (non-hydrogen) atoms. The molecule has 3 aliphatic rings. The maximum atomic E-state index is 5.93. The Morgan fingerprint density at radius 3 is 3.16 bits per heavy atom. The molecule has 0 amide bonds. The Morgan fingerprint density at radius 1 is 1.37 bits per heavy atom. The van der Waals surface area contributed by atoms with Crippen LogP contribution in [0.4, 0.5) is 5.82 Å². The fourth-order valence-electron chi connectivity index (χ4n) is 3.03. The molecule has 0 aromatic carbocycles. The molecule has 0 saturated carbocycles. The smallest absolute Gasteiger partial charge is 0.171 e. The zero-order valence-electron chi connectivity index (χ0n) is 11.0. The highest BCUT2D eigenvalue weighted by Crippen LogP contribution is 2.35. The van der Waals surface area contributed by atoms with E-state index >= 15 is 0 Å². The van der Waals surface area contributed by atoms with Gasteiger partial charge in [0.25, 0.3) is 0 Å². The van der Waals surface area contributed by atoms with E-state index in [2.05, 4.69) is 21.3 Å². The van der Waals surface area contributed by atoms with Crippen molar-refractivity contribution in [3.63, 3.8) is 0 Å². The lowest BCUT2D eigenvalue weighted by molar-refractivity contribution is 0.00822. The molecule has 5 heteroatoms. The highest BCUT2D eigenvalue weighted by atomic mass is 16.5. The van der Waals surface area contributed by atoms with Crippen molar-refractivity contribution in [3.05, 3.63) is 17.8 Å². The van der Waals surface area contributed by atoms with Crippen molar-refractivity contribution < 1.29 is 9.47 Å². The number of nitrogens with one attached hydrogen (secondary N) is 1. The molecule has 0 bridgehead atoms. The molecule has 1 aromatic rings. The third-order valence-corrected chi connectivity index (χ3v) is 4.29. The van der Waals surface area contributed by atoms with E-state index in [0.717, 1.165) is 57.4 Å². The third-order valence-electron chi connectivity index (χ3n) is 4.29. The molecule has 4 heterocycles. The van der Waals surface area contributed by atoms with Crippen molar-refractivity contribution in [2.45, 2.75) is 18.4 Å². The van der Waals surface area contributed by atoms with Gasteiger partial charge in [-0.25, -0.2) is 4.98 Å². The monoisotopic (exact) mass is 261 g/mol. The second-order valence-corrected chi connectivity index (χ2v) is 5.51. The number of anilines is 1. The Hall–Kier alpha value is -1.33. The van der Waals surface area contributed by atoms with Crippen LogP contribution in [0.25, 0.3) is 0 Å². The number of ether oxygens (including phenoxy) is 2. The van der Waals surface area contributed by atoms with Crippen molar-refractivity contribution in [2.75, 3.05) is 44.4 Å². The SMILES string of the molecule is c1nc2c(cc1C1COC1)OCC[C@@H]1CNCCN21. The lowest BCUT2D eigenvalue weighted by Crippen LogP contribution is -2.51. The second-order valence-electron chi connectivity index (χ2n) is 5.51. The van der Waals surface area contributed by atoms with Gasteiger partial charge >= 0.3 is 0 Å². The van der Waals surface area contributed by atoms with E-state index in [1.165, 1.54) is 5.56 Å². The van der Waals surface area contributed by atoms with E-state index in [1.54, 1.807) is 0 Å². The van der Waals surface area contributed by atoms with Gasteiger partial charge in [-0.05, 0) is 11.6 Å². The third kappa shape index (κ3) is 1.97. The zero-order valence-corrected chi connectivity index (χ0v) is 11.0. The van der Waals surface area contributed by atoms with Gasteiger partial charge in [0.05, 0.1) is 19.8 Å². The molecular formula is C14H19N3O2. The van der Waals surface area contributed by atoms with Crippen molar-refractivity contribution in [1.29, 1.82) is 0 Å². The first-order chi connectivity index (χ1) is 9.42. The standard InChI is InChI=1S/C14H19N3O2/c1-4-19-13-5-10(11-8-18-9-11)6-16-14(13)17-3-2-15-7-12(1)17/h5-6,11-12,15H,1-4,7-9H2/t12-/m1/s1. The number of hydrogen-bond acceptors (Lipinski definition) is 5. The summed E-state index contributed by atoms with van der Waals surface area (Å²) < 4.78 is 11.2. The maximum Gasteiger partial charge on any atom is 0.171 e. The van der Waals surface area contributed by atoms with Crippen LogP contribution in [-0.2, 0) is 4.74 Å². The van der Waals surface area contributed by atoms with Gasteiger partial charge in [-0.3, -0.25) is 0 Å². The molecule has 4 rings (SSSR count). The summed E-state index contributed by atoms with van der Waals surface area (Å²) in [5.74, 6) is 2.48. The van der Waals surface area contributed by atoms with Crippen LogP contribution in [0.2, 0.25) is 0 Å². The van der Waals surface area contributed by atoms with Crippen LogP contribution in [0.5, 0.6) is 5.75 Å². The molecule has 102 valence electrons. The van der Waals surface area contributed by atoms with Crippen molar-refractivity contribution in [1.82, 2.24) is 10.3 Å². The molecule has 2 saturated heterocycles. The van der Waals surface area contributed by atoms with E-state index in [9.17, 15) is 0 Å². The number of rotatable bonds is 1. The molecule has 2 fully saturated rings. The highest BCUT2D eigenvalue weighted by Gasteiger charge is 2.30. The van der Waals surface area contributed by atoms with Gasteiger partial charge in [0.1, 0.15) is 0 Å². The van der Waals surface area contributed by atoms with Crippen LogP contribution < -0.4 is 15.0 Å². The molecule has 1 N–H and O–H groups in total. The van der Waals surface area contributed by atoms with Gasteiger partial charge in [-0.15, -0.1) is 0 Å². The van der Waals surface area contributed by atoms with Crippen molar-refractivity contribution >= 4 is 5.82 Å². The van der Waals surface area contributed by atoms with Gasteiger partial charge < -0.3 is 19.7 Å². The quantitative estimate of drug-likeness (QED) is 0.808. The van der Waals surface area contributed by atoms with Gasteiger partial charge in [-0.2, -0.15) is 0 Å². The van der Waals surface area contributed by atoms with Gasteiger partial charge in [0, 0.05) is 44.2 Å². The van der Waals surface area contributed by atoms with E-state index in [1.807, 2.05) is 6.20 Å². The highest BCUT2D eigenvalue weighted by molar-refractivity contribution is 5.56. The molecule has 5 nitrogen and oxygen atoms in total. The summed E-state index contributed by atoms with van der Waals surface area (Å²) in [6.45, 7) is 5.48. The molecule has 1 atom stereocenters. The molecule has 0 spiro atoms. The minimum atomic E-state index is 0.503. The summed E-state index contributed by atoms with van der Waals surface area (Å²) >= 11 is 0. The van der Waals surface area contributed by atoms with E-state index in [-0.39, 0.29) is 0 Å². The topological polar surface area (TPSA) is 46.6 Å². The maximum absolute atomic E-state index is 5.93. The first-order valence-corrected chi connectivity index (χ1v) is 7.09. The summed E-state index contributed by atoms with van der Waals surface area (Å²) in [6.07, 6.45) is 3.06. The Balaban J connectivity index is 1.68. The Morgan fingerprint density at radius 2 is 2.32 bits per heavy atom. The predicted molar refractivity (Wildman–Crippen MR) is 71.9 cm³/mol. The average Bonchev–Trinajstić information content (AvgIpc) is 2.55. The lowest BCUT2D eigenvalue weighted by atomic mass is 9.99. The van der Waals surface area contributed by atoms with Crippen LogP contribution in [0.3, 0.4) is 0 Å². The number of piperazine rings is 1. The van der Waals surface area contributed by atoms with E-state index in [0.29, 0.717) is 12.0 Å². The van der Waals surface area contributed by atoms with E-state index < -0.39 is 0 Å². The van der Waals surface area contributed by atoms with Gasteiger partial charge in [-0.1, -0.05) is 0 Å². The number of nitrogens with zero attached hydrogens (tertiary/aromatic N) is 2. The van der Waals surface area contributed by atoms with E-state index in [4.69, 9.17) is 9.47 Å². The normalized spacial score (nSPS) is 26.7. The zero-order chi connectivity index (χ0) is 12.7. The minimum absolute atomic E-state index is 0.503. The molecule has 1 aromatic heterocycles. The van der Waals surface area contributed by atoms with Gasteiger partial charge in [0.2, 0.25) is 0 Å². The molecule has 0 radical (unpaired) electrons. The number of aromatic nitrogens is 1. The van der Waals surface area contributed by atoms with Crippen molar-refractivity contribution in [2.24, 2.45) is 0 Å². The Kier molecular flexibility index (Phi) is 2.81.